The van der Waals surface area contributed by atoms with Crippen molar-refractivity contribution in [3.8, 4) is 17.1 Å². The molecular weight excluding hydrogens is 333 g/mol. The van der Waals surface area contributed by atoms with Crippen molar-refractivity contribution >= 4 is 11.6 Å². The topological polar surface area (TPSA) is 47.9 Å². The van der Waals surface area contributed by atoms with E-state index >= 15 is 0 Å². The summed E-state index contributed by atoms with van der Waals surface area (Å²) in [5.74, 6) is -5.43. The number of hydrogen-bond donors (Lipinski definition) is 0. The molecule has 0 bridgehead atoms. The van der Waals surface area contributed by atoms with Gasteiger partial charge in [0, 0.05) is 18.0 Å². The zero-order valence-corrected chi connectivity index (χ0v) is 11.4. The second-order valence-corrected chi connectivity index (χ2v) is 4.49. The first-order valence-corrected chi connectivity index (χ1v) is 6.08. The quantitative estimate of drug-likeness (QED) is 0.796. The van der Waals surface area contributed by atoms with Gasteiger partial charge in [0.05, 0.1) is 23.1 Å². The van der Waals surface area contributed by atoms with Crippen molar-refractivity contribution in [2.75, 3.05) is 6.61 Å². The van der Waals surface area contributed by atoms with Crippen LogP contribution in [-0.2, 0) is 0 Å². The molecule has 2 heterocycles. The number of aromatic nitrogens is 3. The molecule has 0 fully saturated rings. The summed E-state index contributed by atoms with van der Waals surface area (Å²) in [7, 11) is 0. The minimum atomic E-state index is -5.69. The molecule has 0 saturated carbocycles. The van der Waals surface area contributed by atoms with E-state index in [0.29, 0.717) is 11.3 Å². The van der Waals surface area contributed by atoms with Crippen molar-refractivity contribution in [1.29, 1.82) is 0 Å². The van der Waals surface area contributed by atoms with Gasteiger partial charge in [-0.3, -0.25) is 4.98 Å². The van der Waals surface area contributed by atoms with E-state index in [1.807, 2.05) is 0 Å². The van der Waals surface area contributed by atoms with Crippen molar-refractivity contribution < 1.29 is 26.7 Å². The first kappa shape index (κ1) is 16.3. The molecule has 10 heteroatoms. The van der Waals surface area contributed by atoms with Gasteiger partial charge in [-0.25, -0.2) is 9.97 Å². The fourth-order valence-corrected chi connectivity index (χ4v) is 1.58. The molecule has 0 aliphatic carbocycles. The highest BCUT2D eigenvalue weighted by molar-refractivity contribution is 6.33. The number of pyridine rings is 1. The lowest BCUT2D eigenvalue weighted by molar-refractivity contribution is -0.290. The van der Waals surface area contributed by atoms with Crippen LogP contribution in [0.4, 0.5) is 22.0 Å². The minimum absolute atomic E-state index is 0.286. The van der Waals surface area contributed by atoms with Gasteiger partial charge in [0.2, 0.25) is 5.88 Å². The summed E-state index contributed by atoms with van der Waals surface area (Å²) in [6.45, 7) is -1.87. The van der Waals surface area contributed by atoms with Crippen LogP contribution in [-0.4, -0.2) is 33.7 Å². The van der Waals surface area contributed by atoms with Gasteiger partial charge in [0.15, 0.2) is 6.61 Å². The summed E-state index contributed by atoms with van der Waals surface area (Å²) in [6.07, 6.45) is -0.796. The minimum Gasteiger partial charge on any atom is -0.470 e. The monoisotopic (exact) mass is 339 g/mol. The summed E-state index contributed by atoms with van der Waals surface area (Å²) in [4.78, 5) is 11.2. The van der Waals surface area contributed by atoms with Gasteiger partial charge >= 0.3 is 12.1 Å². The Balaban J connectivity index is 2.09. The zero-order chi connectivity index (χ0) is 16.4. The van der Waals surface area contributed by atoms with Crippen LogP contribution in [0.2, 0.25) is 5.02 Å². The summed E-state index contributed by atoms with van der Waals surface area (Å²) in [6, 6.07) is 1.55. The standard InChI is InChI=1S/C12H7ClF5N3O/c13-8-3-19-2-1-7(8)9-4-21-10(5-20-9)22-6-11(14,15)12(16,17)18/h1-5H,6H2. The average Bonchev–Trinajstić information content (AvgIpc) is 2.45. The second-order valence-electron chi connectivity index (χ2n) is 4.09. The van der Waals surface area contributed by atoms with Crippen LogP contribution in [0, 0.1) is 0 Å². The van der Waals surface area contributed by atoms with E-state index < -0.39 is 24.6 Å². The number of halogens is 6. The Morgan fingerprint density at radius 2 is 1.77 bits per heavy atom. The normalized spacial score (nSPS) is 12.3. The van der Waals surface area contributed by atoms with E-state index in [-0.39, 0.29) is 5.02 Å². The predicted molar refractivity (Wildman–Crippen MR) is 66.8 cm³/mol. The third-order valence-corrected chi connectivity index (χ3v) is 2.79. The lowest BCUT2D eigenvalue weighted by atomic mass is 10.2. The summed E-state index contributed by atoms with van der Waals surface area (Å²) >= 11 is 5.88. The van der Waals surface area contributed by atoms with Gasteiger partial charge in [0.25, 0.3) is 0 Å². The van der Waals surface area contributed by atoms with E-state index in [9.17, 15) is 22.0 Å². The molecule has 0 aliphatic rings. The molecule has 0 unspecified atom stereocenters. The van der Waals surface area contributed by atoms with Crippen molar-refractivity contribution in [3.63, 3.8) is 0 Å². The molecule has 2 rings (SSSR count). The smallest absolute Gasteiger partial charge is 0.456 e. The maximum Gasteiger partial charge on any atom is 0.456 e. The molecule has 0 N–H and O–H groups in total. The van der Waals surface area contributed by atoms with Crippen LogP contribution >= 0.6 is 11.6 Å². The fourth-order valence-electron chi connectivity index (χ4n) is 1.36. The number of hydrogen-bond acceptors (Lipinski definition) is 4. The Hall–Kier alpha value is -2.03. The van der Waals surface area contributed by atoms with Crippen LogP contribution < -0.4 is 4.74 Å². The van der Waals surface area contributed by atoms with Crippen molar-refractivity contribution in [1.82, 2.24) is 15.0 Å². The third kappa shape index (κ3) is 3.59. The highest BCUT2D eigenvalue weighted by Gasteiger charge is 2.58. The third-order valence-electron chi connectivity index (χ3n) is 2.49. The molecule has 0 atom stereocenters. The van der Waals surface area contributed by atoms with E-state index in [1.165, 1.54) is 12.4 Å². The number of rotatable bonds is 4. The molecule has 2 aromatic rings. The van der Waals surface area contributed by atoms with Gasteiger partial charge in [-0.1, -0.05) is 11.6 Å². The van der Waals surface area contributed by atoms with Gasteiger partial charge in [-0.2, -0.15) is 22.0 Å². The maximum atomic E-state index is 12.7. The lowest BCUT2D eigenvalue weighted by Gasteiger charge is -2.19. The maximum absolute atomic E-state index is 12.7. The zero-order valence-electron chi connectivity index (χ0n) is 10.6. The Kier molecular flexibility index (Phi) is 4.45. The van der Waals surface area contributed by atoms with Gasteiger partial charge in [-0.05, 0) is 6.07 Å². The summed E-state index contributed by atoms with van der Waals surface area (Å²) in [5.41, 5.74) is 0.777. The first-order valence-electron chi connectivity index (χ1n) is 5.70. The molecule has 4 nitrogen and oxygen atoms in total. The molecule has 0 radical (unpaired) electrons. The van der Waals surface area contributed by atoms with Crippen LogP contribution in [0.1, 0.15) is 0 Å². The Bertz CT molecular complexity index is 648. The molecule has 0 aliphatic heterocycles. The first-order chi connectivity index (χ1) is 10.2. The number of alkyl halides is 5. The van der Waals surface area contributed by atoms with Crippen LogP contribution in [0.5, 0.6) is 5.88 Å². The van der Waals surface area contributed by atoms with Crippen molar-refractivity contribution in [3.05, 3.63) is 35.9 Å². The second kappa shape index (κ2) is 5.99. The molecule has 0 amide bonds. The van der Waals surface area contributed by atoms with Crippen molar-refractivity contribution in [2.45, 2.75) is 12.1 Å². The molecule has 118 valence electrons. The fraction of sp³-hybridized carbons (Fsp3) is 0.250. The van der Waals surface area contributed by atoms with Crippen molar-refractivity contribution in [2.24, 2.45) is 0 Å². The van der Waals surface area contributed by atoms with Gasteiger partial charge in [0.1, 0.15) is 0 Å². The largest absolute Gasteiger partial charge is 0.470 e. The Morgan fingerprint density at radius 3 is 2.32 bits per heavy atom. The van der Waals surface area contributed by atoms with E-state index in [4.69, 9.17) is 11.6 Å². The molecular formula is C12H7ClF5N3O. The Morgan fingerprint density at radius 1 is 1.05 bits per heavy atom. The highest BCUT2D eigenvalue weighted by atomic mass is 35.5. The van der Waals surface area contributed by atoms with E-state index in [2.05, 4.69) is 19.7 Å². The van der Waals surface area contributed by atoms with E-state index in [0.717, 1.165) is 12.4 Å². The average molecular weight is 340 g/mol. The molecule has 0 saturated heterocycles. The Labute approximate surface area is 125 Å². The number of ether oxygens (including phenoxy) is 1. The van der Waals surface area contributed by atoms with Gasteiger partial charge < -0.3 is 4.74 Å². The molecule has 2 aromatic heterocycles. The van der Waals surface area contributed by atoms with Crippen LogP contribution in [0.25, 0.3) is 11.3 Å². The number of nitrogens with zero attached hydrogens (tertiary/aromatic N) is 3. The SMILES string of the molecule is FC(F)(F)C(F)(F)COc1cnc(-c2ccncc2Cl)cn1. The molecule has 0 aromatic carbocycles. The summed E-state index contributed by atoms with van der Waals surface area (Å²) in [5, 5.41) is 0.286. The lowest BCUT2D eigenvalue weighted by Crippen LogP contribution is -2.41. The van der Waals surface area contributed by atoms with Gasteiger partial charge in [-0.15, -0.1) is 0 Å². The predicted octanol–water partition coefficient (Wildman–Crippen LogP) is 3.77. The van der Waals surface area contributed by atoms with Crippen LogP contribution in [0.3, 0.4) is 0 Å². The van der Waals surface area contributed by atoms with E-state index in [1.54, 1.807) is 6.07 Å². The highest BCUT2D eigenvalue weighted by Crippen LogP contribution is 2.35. The van der Waals surface area contributed by atoms with Crippen LogP contribution in [0.15, 0.2) is 30.9 Å². The molecule has 22 heavy (non-hydrogen) atoms. The molecule has 0 spiro atoms. The summed E-state index contributed by atoms with van der Waals surface area (Å²) < 4.78 is 65.6.